The summed E-state index contributed by atoms with van der Waals surface area (Å²) in [6.45, 7) is 4.78. The van der Waals surface area contributed by atoms with Crippen LogP contribution in [0.5, 0.6) is 0 Å². The molecule has 0 saturated carbocycles. The highest BCUT2D eigenvalue weighted by Crippen LogP contribution is 2.18. The molecule has 2 fully saturated rings. The minimum atomic E-state index is -0.0234. The standard InChI is InChI=1S/C15H26N2O2/c1-13(18)14-8-4-7-11-17(14)12-15(19)16-9-5-2-3-6-10-16/h14H,2-12H2,1H3. The maximum Gasteiger partial charge on any atom is 0.236 e. The molecule has 2 saturated heterocycles. The molecule has 19 heavy (non-hydrogen) atoms. The largest absolute Gasteiger partial charge is 0.342 e. The molecule has 4 heteroatoms. The van der Waals surface area contributed by atoms with Crippen molar-refractivity contribution in [2.45, 2.75) is 57.9 Å². The lowest BCUT2D eigenvalue weighted by Crippen LogP contribution is -2.49. The van der Waals surface area contributed by atoms with Gasteiger partial charge in [-0.1, -0.05) is 19.3 Å². The average Bonchev–Trinajstić information content (AvgIpc) is 2.68. The Morgan fingerprint density at radius 1 is 0.947 bits per heavy atom. The van der Waals surface area contributed by atoms with E-state index >= 15 is 0 Å². The lowest BCUT2D eigenvalue weighted by atomic mass is 9.99. The number of ketones is 1. The number of carbonyl (C=O) groups is 2. The molecule has 2 rings (SSSR count). The van der Waals surface area contributed by atoms with Gasteiger partial charge in [-0.15, -0.1) is 0 Å². The van der Waals surface area contributed by atoms with Gasteiger partial charge in [-0.05, 0) is 39.2 Å². The van der Waals surface area contributed by atoms with Crippen molar-refractivity contribution in [3.8, 4) is 0 Å². The van der Waals surface area contributed by atoms with Gasteiger partial charge in [0.1, 0.15) is 5.78 Å². The molecule has 0 aromatic heterocycles. The smallest absolute Gasteiger partial charge is 0.236 e. The molecular formula is C15H26N2O2. The normalized spacial score (nSPS) is 25.9. The first-order chi connectivity index (χ1) is 9.18. The summed E-state index contributed by atoms with van der Waals surface area (Å²) < 4.78 is 0. The molecule has 2 aliphatic heterocycles. The van der Waals surface area contributed by atoms with Crippen LogP contribution < -0.4 is 0 Å². The van der Waals surface area contributed by atoms with Crippen molar-refractivity contribution in [3.63, 3.8) is 0 Å². The van der Waals surface area contributed by atoms with E-state index in [1.807, 2.05) is 4.90 Å². The molecule has 0 spiro atoms. The Morgan fingerprint density at radius 2 is 1.58 bits per heavy atom. The molecule has 0 aromatic rings. The molecule has 1 amide bonds. The molecule has 108 valence electrons. The topological polar surface area (TPSA) is 40.6 Å². The second kappa shape index (κ2) is 7.04. The Balaban J connectivity index is 1.90. The Kier molecular flexibility index (Phi) is 5.37. The molecule has 2 aliphatic rings. The third kappa shape index (κ3) is 4.03. The summed E-state index contributed by atoms with van der Waals surface area (Å²) in [4.78, 5) is 28.1. The number of carbonyl (C=O) groups excluding carboxylic acids is 2. The van der Waals surface area contributed by atoms with Crippen LogP contribution in [0.4, 0.5) is 0 Å². The molecule has 4 nitrogen and oxygen atoms in total. The summed E-state index contributed by atoms with van der Waals surface area (Å²) in [5.41, 5.74) is 0. The summed E-state index contributed by atoms with van der Waals surface area (Å²) in [6.07, 6.45) is 7.87. The van der Waals surface area contributed by atoms with Gasteiger partial charge in [0.15, 0.2) is 0 Å². The summed E-state index contributed by atoms with van der Waals surface area (Å²) in [7, 11) is 0. The van der Waals surface area contributed by atoms with Gasteiger partial charge in [0.25, 0.3) is 0 Å². The first-order valence-electron chi connectivity index (χ1n) is 7.71. The van der Waals surface area contributed by atoms with Gasteiger partial charge in [0, 0.05) is 13.1 Å². The first-order valence-corrected chi connectivity index (χ1v) is 7.71. The van der Waals surface area contributed by atoms with E-state index in [0.717, 1.165) is 51.7 Å². The SMILES string of the molecule is CC(=O)C1CCCCN1CC(=O)N1CCCCCC1. The maximum atomic E-state index is 12.4. The van der Waals surface area contributed by atoms with E-state index in [1.54, 1.807) is 6.92 Å². The van der Waals surface area contributed by atoms with E-state index in [-0.39, 0.29) is 17.7 Å². The zero-order valence-corrected chi connectivity index (χ0v) is 12.1. The fourth-order valence-electron chi connectivity index (χ4n) is 3.23. The lowest BCUT2D eigenvalue weighted by molar-refractivity contribution is -0.134. The molecule has 0 aromatic carbocycles. The molecular weight excluding hydrogens is 240 g/mol. The monoisotopic (exact) mass is 266 g/mol. The number of Topliss-reactive ketones (excluding diaryl/α,β-unsaturated/α-hetero) is 1. The number of rotatable bonds is 3. The first kappa shape index (κ1) is 14.5. The Hall–Kier alpha value is -0.900. The van der Waals surface area contributed by atoms with Crippen molar-refractivity contribution in [3.05, 3.63) is 0 Å². The van der Waals surface area contributed by atoms with Crippen molar-refractivity contribution < 1.29 is 9.59 Å². The zero-order valence-electron chi connectivity index (χ0n) is 12.1. The van der Waals surface area contributed by atoms with E-state index < -0.39 is 0 Å². The summed E-state index contributed by atoms with van der Waals surface area (Å²) >= 11 is 0. The van der Waals surface area contributed by atoms with E-state index in [9.17, 15) is 9.59 Å². The van der Waals surface area contributed by atoms with Crippen LogP contribution in [-0.2, 0) is 9.59 Å². The second-order valence-electron chi connectivity index (χ2n) is 5.89. The fraction of sp³-hybridized carbons (Fsp3) is 0.867. The van der Waals surface area contributed by atoms with Crippen LogP contribution in [-0.4, -0.2) is 53.7 Å². The minimum Gasteiger partial charge on any atom is -0.342 e. The molecule has 0 radical (unpaired) electrons. The van der Waals surface area contributed by atoms with E-state index in [2.05, 4.69) is 4.90 Å². The van der Waals surface area contributed by atoms with Crippen LogP contribution in [0.25, 0.3) is 0 Å². The zero-order chi connectivity index (χ0) is 13.7. The van der Waals surface area contributed by atoms with Gasteiger partial charge in [-0.2, -0.15) is 0 Å². The van der Waals surface area contributed by atoms with Gasteiger partial charge >= 0.3 is 0 Å². The van der Waals surface area contributed by atoms with Crippen molar-refractivity contribution in [1.29, 1.82) is 0 Å². The number of hydrogen-bond acceptors (Lipinski definition) is 3. The van der Waals surface area contributed by atoms with Gasteiger partial charge in [-0.25, -0.2) is 0 Å². The lowest BCUT2D eigenvalue weighted by Gasteiger charge is -2.35. The highest BCUT2D eigenvalue weighted by molar-refractivity contribution is 5.83. The molecule has 1 atom stereocenters. The summed E-state index contributed by atoms with van der Waals surface area (Å²) in [5.74, 6) is 0.429. The Bertz CT molecular complexity index is 322. The Labute approximate surface area is 116 Å². The van der Waals surface area contributed by atoms with Gasteiger partial charge < -0.3 is 4.90 Å². The molecule has 2 heterocycles. The predicted octanol–water partition coefficient (Wildman–Crippen LogP) is 1.83. The number of amides is 1. The van der Waals surface area contributed by atoms with Crippen LogP contribution >= 0.6 is 0 Å². The van der Waals surface area contributed by atoms with Gasteiger partial charge in [-0.3, -0.25) is 14.5 Å². The Morgan fingerprint density at radius 3 is 2.21 bits per heavy atom. The van der Waals surface area contributed by atoms with Crippen LogP contribution in [0.15, 0.2) is 0 Å². The number of piperidine rings is 1. The highest BCUT2D eigenvalue weighted by atomic mass is 16.2. The fourth-order valence-corrected chi connectivity index (χ4v) is 3.23. The van der Waals surface area contributed by atoms with Gasteiger partial charge in [0.05, 0.1) is 12.6 Å². The minimum absolute atomic E-state index is 0.0234. The predicted molar refractivity (Wildman–Crippen MR) is 74.9 cm³/mol. The molecule has 1 unspecified atom stereocenters. The highest BCUT2D eigenvalue weighted by Gasteiger charge is 2.28. The summed E-state index contributed by atoms with van der Waals surface area (Å²) in [5, 5.41) is 0. The van der Waals surface area contributed by atoms with E-state index in [1.165, 1.54) is 12.8 Å². The van der Waals surface area contributed by atoms with Crippen LogP contribution in [0, 0.1) is 0 Å². The number of hydrogen-bond donors (Lipinski definition) is 0. The third-order valence-electron chi connectivity index (χ3n) is 4.38. The second-order valence-corrected chi connectivity index (χ2v) is 5.89. The van der Waals surface area contributed by atoms with E-state index in [0.29, 0.717) is 6.54 Å². The van der Waals surface area contributed by atoms with Crippen molar-refractivity contribution in [1.82, 2.24) is 9.80 Å². The van der Waals surface area contributed by atoms with Crippen molar-refractivity contribution in [2.75, 3.05) is 26.2 Å². The van der Waals surface area contributed by atoms with Gasteiger partial charge in [0.2, 0.25) is 5.91 Å². The number of likely N-dealkylation sites (tertiary alicyclic amines) is 2. The number of nitrogens with zero attached hydrogens (tertiary/aromatic N) is 2. The molecule has 0 aliphatic carbocycles. The molecule has 0 bridgehead atoms. The third-order valence-corrected chi connectivity index (χ3v) is 4.38. The molecule has 0 N–H and O–H groups in total. The quantitative estimate of drug-likeness (QED) is 0.782. The van der Waals surface area contributed by atoms with Crippen LogP contribution in [0.3, 0.4) is 0 Å². The average molecular weight is 266 g/mol. The van der Waals surface area contributed by atoms with Crippen LogP contribution in [0.1, 0.15) is 51.9 Å². The van der Waals surface area contributed by atoms with Crippen molar-refractivity contribution >= 4 is 11.7 Å². The van der Waals surface area contributed by atoms with Crippen LogP contribution in [0.2, 0.25) is 0 Å². The maximum absolute atomic E-state index is 12.4. The summed E-state index contributed by atoms with van der Waals surface area (Å²) in [6, 6.07) is -0.0234. The van der Waals surface area contributed by atoms with Crippen molar-refractivity contribution in [2.24, 2.45) is 0 Å². The van der Waals surface area contributed by atoms with E-state index in [4.69, 9.17) is 0 Å².